The van der Waals surface area contributed by atoms with Gasteiger partial charge in [0.2, 0.25) is 5.91 Å². The molecular weight excluding hydrogens is 240 g/mol. The molecule has 4 heteroatoms. The highest BCUT2D eigenvalue weighted by atomic mass is 16.5. The minimum absolute atomic E-state index is 0.106. The van der Waals surface area contributed by atoms with Crippen molar-refractivity contribution in [3.05, 3.63) is 0 Å². The summed E-state index contributed by atoms with van der Waals surface area (Å²) in [4.78, 5) is 11.8. The van der Waals surface area contributed by atoms with Gasteiger partial charge in [0.1, 0.15) is 0 Å². The predicted octanol–water partition coefficient (Wildman–Crippen LogP) is 2.23. The van der Waals surface area contributed by atoms with Crippen molar-refractivity contribution in [1.29, 1.82) is 0 Å². The molecule has 0 radical (unpaired) electrons. The summed E-state index contributed by atoms with van der Waals surface area (Å²) in [6, 6.07) is -0.106. The van der Waals surface area contributed by atoms with Crippen molar-refractivity contribution in [3.8, 4) is 0 Å². The summed E-state index contributed by atoms with van der Waals surface area (Å²) in [5, 5.41) is 6.25. The van der Waals surface area contributed by atoms with Crippen molar-refractivity contribution in [2.24, 2.45) is 0 Å². The molecule has 0 spiro atoms. The van der Waals surface area contributed by atoms with Gasteiger partial charge in [-0.1, -0.05) is 19.8 Å². The Morgan fingerprint density at radius 2 is 2.16 bits per heavy atom. The first-order chi connectivity index (χ1) is 9.24. The predicted molar refractivity (Wildman–Crippen MR) is 78.2 cm³/mol. The van der Waals surface area contributed by atoms with E-state index in [0.29, 0.717) is 6.10 Å². The molecule has 0 aliphatic carbocycles. The molecule has 1 rings (SSSR count). The van der Waals surface area contributed by atoms with Crippen LogP contribution in [-0.2, 0) is 9.53 Å². The summed E-state index contributed by atoms with van der Waals surface area (Å²) in [7, 11) is 0. The number of nitrogens with one attached hydrogen (secondary N) is 2. The van der Waals surface area contributed by atoms with E-state index in [1.807, 2.05) is 6.92 Å². The maximum atomic E-state index is 11.8. The van der Waals surface area contributed by atoms with Gasteiger partial charge >= 0.3 is 0 Å². The minimum Gasteiger partial charge on any atom is -0.378 e. The Balaban J connectivity index is 2.02. The van der Waals surface area contributed by atoms with Crippen LogP contribution in [0.1, 0.15) is 58.8 Å². The zero-order valence-electron chi connectivity index (χ0n) is 12.5. The molecule has 1 aliphatic heterocycles. The maximum Gasteiger partial charge on any atom is 0.236 e. The highest BCUT2D eigenvalue weighted by Gasteiger charge is 2.15. The van der Waals surface area contributed by atoms with E-state index >= 15 is 0 Å². The number of hydrogen-bond donors (Lipinski definition) is 2. The van der Waals surface area contributed by atoms with Gasteiger partial charge in [0.25, 0.3) is 0 Å². The Hall–Kier alpha value is -0.610. The number of carbonyl (C=O) groups is 1. The van der Waals surface area contributed by atoms with Gasteiger partial charge in [-0.3, -0.25) is 4.79 Å². The molecule has 4 nitrogen and oxygen atoms in total. The molecule has 2 atom stereocenters. The molecule has 112 valence electrons. The van der Waals surface area contributed by atoms with E-state index in [2.05, 4.69) is 17.6 Å². The van der Waals surface area contributed by atoms with E-state index in [1.165, 1.54) is 32.1 Å². The summed E-state index contributed by atoms with van der Waals surface area (Å²) >= 11 is 0. The van der Waals surface area contributed by atoms with Crippen molar-refractivity contribution in [2.75, 3.05) is 19.7 Å². The zero-order valence-corrected chi connectivity index (χ0v) is 12.5. The third kappa shape index (κ3) is 7.53. The average Bonchev–Trinajstić information content (AvgIpc) is 2.44. The fourth-order valence-electron chi connectivity index (χ4n) is 2.33. The quantitative estimate of drug-likeness (QED) is 0.632. The fraction of sp³-hybridized carbons (Fsp3) is 0.933. The fourth-order valence-corrected chi connectivity index (χ4v) is 2.33. The van der Waals surface area contributed by atoms with E-state index in [4.69, 9.17) is 4.74 Å². The maximum absolute atomic E-state index is 11.8. The van der Waals surface area contributed by atoms with Crippen molar-refractivity contribution in [2.45, 2.75) is 70.9 Å². The van der Waals surface area contributed by atoms with E-state index < -0.39 is 0 Å². The van der Waals surface area contributed by atoms with Crippen molar-refractivity contribution in [1.82, 2.24) is 10.6 Å². The van der Waals surface area contributed by atoms with E-state index in [1.54, 1.807) is 0 Å². The van der Waals surface area contributed by atoms with Crippen LogP contribution in [0.5, 0.6) is 0 Å². The van der Waals surface area contributed by atoms with Crippen molar-refractivity contribution in [3.63, 3.8) is 0 Å². The van der Waals surface area contributed by atoms with Crippen molar-refractivity contribution < 1.29 is 9.53 Å². The lowest BCUT2D eigenvalue weighted by molar-refractivity contribution is -0.122. The van der Waals surface area contributed by atoms with Crippen molar-refractivity contribution >= 4 is 5.91 Å². The molecule has 0 aromatic carbocycles. The van der Waals surface area contributed by atoms with Crippen LogP contribution in [0.15, 0.2) is 0 Å². The monoisotopic (exact) mass is 270 g/mol. The number of carbonyl (C=O) groups excluding carboxylic acids is 1. The van der Waals surface area contributed by atoms with Gasteiger partial charge in [0, 0.05) is 13.2 Å². The number of unbranched alkanes of at least 4 members (excludes halogenated alkanes) is 2. The Labute approximate surface area is 117 Å². The van der Waals surface area contributed by atoms with Crippen LogP contribution in [0.3, 0.4) is 0 Å². The molecule has 0 bridgehead atoms. The van der Waals surface area contributed by atoms with Crippen LogP contribution in [0, 0.1) is 0 Å². The third-order valence-corrected chi connectivity index (χ3v) is 3.66. The molecule has 0 aromatic rings. The second-order valence-corrected chi connectivity index (χ2v) is 5.45. The first kappa shape index (κ1) is 16.4. The molecule has 2 unspecified atom stereocenters. The van der Waals surface area contributed by atoms with Gasteiger partial charge in [0.05, 0.1) is 12.1 Å². The lowest BCUT2D eigenvalue weighted by Gasteiger charge is -2.23. The molecule has 1 saturated heterocycles. The van der Waals surface area contributed by atoms with Crippen LogP contribution in [0.4, 0.5) is 0 Å². The van der Waals surface area contributed by atoms with Crippen LogP contribution in [0.2, 0.25) is 0 Å². The summed E-state index contributed by atoms with van der Waals surface area (Å²) in [6.07, 6.45) is 8.48. The summed E-state index contributed by atoms with van der Waals surface area (Å²) in [6.45, 7) is 6.65. The normalized spacial score (nSPS) is 21.1. The summed E-state index contributed by atoms with van der Waals surface area (Å²) < 4.78 is 5.67. The molecule has 0 aromatic heterocycles. The highest BCUT2D eigenvalue weighted by molar-refractivity contribution is 5.81. The van der Waals surface area contributed by atoms with Crippen LogP contribution in [0.25, 0.3) is 0 Å². The summed E-state index contributed by atoms with van der Waals surface area (Å²) in [5.74, 6) is 0.112. The Morgan fingerprint density at radius 3 is 2.84 bits per heavy atom. The van der Waals surface area contributed by atoms with Gasteiger partial charge in [0.15, 0.2) is 0 Å². The van der Waals surface area contributed by atoms with Gasteiger partial charge in [-0.15, -0.1) is 0 Å². The molecule has 19 heavy (non-hydrogen) atoms. The zero-order chi connectivity index (χ0) is 13.9. The van der Waals surface area contributed by atoms with Gasteiger partial charge in [-0.2, -0.15) is 0 Å². The second-order valence-electron chi connectivity index (χ2n) is 5.45. The average molecular weight is 270 g/mol. The third-order valence-electron chi connectivity index (χ3n) is 3.66. The first-order valence-corrected chi connectivity index (χ1v) is 7.86. The van der Waals surface area contributed by atoms with Crippen LogP contribution < -0.4 is 10.6 Å². The lowest BCUT2D eigenvalue weighted by atomic mass is 10.1. The molecule has 1 heterocycles. The summed E-state index contributed by atoms with van der Waals surface area (Å²) in [5.41, 5.74) is 0. The van der Waals surface area contributed by atoms with E-state index in [-0.39, 0.29) is 11.9 Å². The van der Waals surface area contributed by atoms with Gasteiger partial charge in [-0.05, 0) is 45.6 Å². The number of hydrogen-bond acceptors (Lipinski definition) is 3. The van der Waals surface area contributed by atoms with E-state index in [9.17, 15) is 4.79 Å². The number of rotatable bonds is 9. The lowest BCUT2D eigenvalue weighted by Crippen LogP contribution is -2.43. The van der Waals surface area contributed by atoms with Crippen LogP contribution >= 0.6 is 0 Å². The Bertz CT molecular complexity index is 240. The van der Waals surface area contributed by atoms with Gasteiger partial charge < -0.3 is 15.4 Å². The highest BCUT2D eigenvalue weighted by Crippen LogP contribution is 2.14. The Kier molecular flexibility index (Phi) is 8.84. The smallest absolute Gasteiger partial charge is 0.236 e. The Morgan fingerprint density at radius 1 is 1.32 bits per heavy atom. The van der Waals surface area contributed by atoms with Crippen LogP contribution in [-0.4, -0.2) is 37.7 Å². The van der Waals surface area contributed by atoms with E-state index in [0.717, 1.165) is 32.5 Å². The second kappa shape index (κ2) is 10.2. The molecule has 1 amide bonds. The van der Waals surface area contributed by atoms with Gasteiger partial charge in [-0.25, -0.2) is 0 Å². The molecule has 1 aliphatic rings. The molecule has 2 N–H and O–H groups in total. The molecule has 0 saturated carbocycles. The standard InChI is InChI=1S/C15H30N2O2/c1-3-4-6-10-17-15(18)13(2)16-11-9-14-8-5-7-12-19-14/h13-14,16H,3-12H2,1-2H3,(H,17,18). The number of amides is 1. The topological polar surface area (TPSA) is 50.4 Å². The largest absolute Gasteiger partial charge is 0.378 e. The number of ether oxygens (including phenoxy) is 1. The molecule has 1 fully saturated rings. The first-order valence-electron chi connectivity index (χ1n) is 7.86. The molecular formula is C15H30N2O2. The SMILES string of the molecule is CCCCCNC(=O)C(C)NCCC1CCCCO1. The minimum atomic E-state index is -0.106.